The Morgan fingerprint density at radius 1 is 0.788 bits per heavy atom. The van der Waals surface area contributed by atoms with E-state index in [1.807, 2.05) is 48.5 Å². The second kappa shape index (κ2) is 6.86. The number of rotatable bonds is 3. The first kappa shape index (κ1) is 17.8. The van der Waals surface area contributed by atoms with Crippen LogP contribution in [-0.2, 0) is 0 Å². The fourth-order valence-corrected chi connectivity index (χ4v) is 4.07. The summed E-state index contributed by atoms with van der Waals surface area (Å²) in [6, 6.07) is 15.6. The number of hydrogen-bond donors (Lipinski definition) is 2. The van der Waals surface area contributed by atoms with Crippen LogP contribution in [0.15, 0.2) is 67.1 Å². The van der Waals surface area contributed by atoms with Crippen molar-refractivity contribution >= 4 is 22.2 Å². The number of aromatic nitrogens is 7. The minimum atomic E-state index is 0.234. The maximum Gasteiger partial charge on any atom is 0.231 e. The molecule has 6 heterocycles. The van der Waals surface area contributed by atoms with E-state index in [0.29, 0.717) is 17.2 Å². The standard InChI is InChI=1S/C24H15N7O2/c1-4-18-19(33-12-32-18)11-14(1)15-7-10-26-23-20(15)28-24(29-23)22-21-17(30-31-22)3-2-16(27-21)13-5-8-25-9-6-13/h1-11H,12H2,(H,30,31)(H,26,28,29). The van der Waals surface area contributed by atoms with E-state index in [9.17, 15) is 0 Å². The highest BCUT2D eigenvalue weighted by atomic mass is 16.7. The molecule has 9 heteroatoms. The van der Waals surface area contributed by atoms with Crippen molar-refractivity contribution in [3.05, 3.63) is 67.1 Å². The number of nitrogens with zero attached hydrogens (tertiary/aromatic N) is 5. The van der Waals surface area contributed by atoms with E-state index in [2.05, 4.69) is 25.1 Å². The first-order valence-corrected chi connectivity index (χ1v) is 10.3. The van der Waals surface area contributed by atoms with E-state index < -0.39 is 0 Å². The highest BCUT2D eigenvalue weighted by molar-refractivity contribution is 5.95. The SMILES string of the molecule is c1cc(-c2ccc3[nH]nc(-c4nc5c(-c6ccc7c(c6)OCO7)ccnc5[nH]4)c3n2)ccn1. The van der Waals surface area contributed by atoms with Gasteiger partial charge in [-0.3, -0.25) is 10.1 Å². The molecule has 0 atom stereocenters. The maximum atomic E-state index is 5.54. The van der Waals surface area contributed by atoms with Crippen molar-refractivity contribution in [3.8, 4) is 45.4 Å². The molecule has 0 saturated carbocycles. The summed E-state index contributed by atoms with van der Waals surface area (Å²) >= 11 is 0. The Morgan fingerprint density at radius 3 is 2.64 bits per heavy atom. The van der Waals surface area contributed by atoms with Gasteiger partial charge in [-0.1, -0.05) is 6.07 Å². The molecule has 2 N–H and O–H groups in total. The Kier molecular flexibility index (Phi) is 3.71. The molecule has 0 amide bonds. The van der Waals surface area contributed by atoms with Gasteiger partial charge in [-0.15, -0.1) is 0 Å². The predicted octanol–water partition coefficient (Wildman–Crippen LogP) is 4.35. The zero-order valence-corrected chi connectivity index (χ0v) is 17.1. The third-order valence-electron chi connectivity index (χ3n) is 5.68. The maximum absolute atomic E-state index is 5.54. The summed E-state index contributed by atoms with van der Waals surface area (Å²) in [6.07, 6.45) is 5.26. The first-order chi connectivity index (χ1) is 16.3. The number of H-pyrrole nitrogens is 2. The van der Waals surface area contributed by atoms with Gasteiger partial charge in [0.2, 0.25) is 6.79 Å². The van der Waals surface area contributed by atoms with Gasteiger partial charge in [0.05, 0.1) is 11.2 Å². The van der Waals surface area contributed by atoms with E-state index in [-0.39, 0.29) is 6.79 Å². The lowest BCUT2D eigenvalue weighted by atomic mass is 10.1. The van der Waals surface area contributed by atoms with E-state index in [0.717, 1.165) is 50.4 Å². The number of fused-ring (bicyclic) bond motifs is 3. The molecule has 0 unspecified atom stereocenters. The monoisotopic (exact) mass is 433 g/mol. The molecular weight excluding hydrogens is 418 g/mol. The zero-order valence-electron chi connectivity index (χ0n) is 17.1. The smallest absolute Gasteiger partial charge is 0.231 e. The second-order valence-corrected chi connectivity index (χ2v) is 7.61. The molecule has 0 bridgehead atoms. The molecule has 6 aromatic rings. The minimum absolute atomic E-state index is 0.234. The summed E-state index contributed by atoms with van der Waals surface area (Å²) in [6.45, 7) is 0.234. The Morgan fingerprint density at radius 2 is 1.70 bits per heavy atom. The van der Waals surface area contributed by atoms with Crippen LogP contribution in [0.25, 0.3) is 56.1 Å². The number of imidazole rings is 1. The van der Waals surface area contributed by atoms with Gasteiger partial charge in [0.1, 0.15) is 11.0 Å². The van der Waals surface area contributed by atoms with Crippen molar-refractivity contribution in [2.45, 2.75) is 0 Å². The average Bonchev–Trinajstić information content (AvgIpc) is 3.60. The highest BCUT2D eigenvalue weighted by Crippen LogP contribution is 2.38. The summed E-state index contributed by atoms with van der Waals surface area (Å²) in [4.78, 5) is 21.6. The van der Waals surface area contributed by atoms with Crippen molar-refractivity contribution in [2.24, 2.45) is 0 Å². The number of aromatic amines is 2. The number of hydrogen-bond acceptors (Lipinski definition) is 7. The molecular formula is C24H15N7O2. The third-order valence-corrected chi connectivity index (χ3v) is 5.68. The van der Waals surface area contributed by atoms with Gasteiger partial charge in [0.25, 0.3) is 0 Å². The van der Waals surface area contributed by atoms with Crippen LogP contribution in [0.3, 0.4) is 0 Å². The molecule has 9 nitrogen and oxygen atoms in total. The number of ether oxygens (including phenoxy) is 2. The van der Waals surface area contributed by atoms with Crippen LogP contribution in [0.2, 0.25) is 0 Å². The van der Waals surface area contributed by atoms with Gasteiger partial charge in [0, 0.05) is 29.7 Å². The van der Waals surface area contributed by atoms with Crippen LogP contribution in [-0.4, -0.2) is 41.9 Å². The quantitative estimate of drug-likeness (QED) is 0.426. The molecule has 1 aliphatic rings. The van der Waals surface area contributed by atoms with Crippen LogP contribution < -0.4 is 9.47 Å². The summed E-state index contributed by atoms with van der Waals surface area (Å²) in [7, 11) is 0. The van der Waals surface area contributed by atoms with E-state index >= 15 is 0 Å². The molecule has 5 aromatic heterocycles. The minimum Gasteiger partial charge on any atom is -0.454 e. The molecule has 0 fully saturated rings. The van der Waals surface area contributed by atoms with E-state index in [4.69, 9.17) is 19.4 Å². The normalized spacial score (nSPS) is 12.6. The lowest BCUT2D eigenvalue weighted by Crippen LogP contribution is -1.92. The topological polar surface area (TPSA) is 114 Å². The Bertz CT molecular complexity index is 1660. The van der Waals surface area contributed by atoms with Crippen molar-refractivity contribution in [3.63, 3.8) is 0 Å². The summed E-state index contributed by atoms with van der Waals surface area (Å²) < 4.78 is 11.0. The van der Waals surface area contributed by atoms with Crippen molar-refractivity contribution in [1.29, 1.82) is 0 Å². The molecule has 0 saturated heterocycles. The zero-order chi connectivity index (χ0) is 21.8. The van der Waals surface area contributed by atoms with Crippen LogP contribution in [0, 0.1) is 0 Å². The molecule has 158 valence electrons. The average molecular weight is 433 g/mol. The largest absolute Gasteiger partial charge is 0.454 e. The lowest BCUT2D eigenvalue weighted by Gasteiger charge is -2.03. The van der Waals surface area contributed by atoms with Gasteiger partial charge in [-0.25, -0.2) is 15.0 Å². The molecule has 1 aliphatic heterocycles. The van der Waals surface area contributed by atoms with Crippen LogP contribution in [0.5, 0.6) is 11.5 Å². The number of nitrogens with one attached hydrogen (secondary N) is 2. The second-order valence-electron chi connectivity index (χ2n) is 7.61. The highest BCUT2D eigenvalue weighted by Gasteiger charge is 2.19. The molecule has 0 radical (unpaired) electrons. The lowest BCUT2D eigenvalue weighted by molar-refractivity contribution is 0.174. The predicted molar refractivity (Wildman–Crippen MR) is 122 cm³/mol. The Balaban J connectivity index is 1.37. The van der Waals surface area contributed by atoms with Gasteiger partial charge in [-0.2, -0.15) is 5.10 Å². The van der Waals surface area contributed by atoms with E-state index in [1.54, 1.807) is 18.6 Å². The van der Waals surface area contributed by atoms with Crippen LogP contribution >= 0.6 is 0 Å². The first-order valence-electron chi connectivity index (χ1n) is 10.3. The third kappa shape index (κ3) is 2.83. The molecule has 33 heavy (non-hydrogen) atoms. The fourth-order valence-electron chi connectivity index (χ4n) is 4.07. The summed E-state index contributed by atoms with van der Waals surface area (Å²) in [5.41, 5.74) is 7.32. The number of benzene rings is 1. The fraction of sp³-hybridized carbons (Fsp3) is 0.0417. The molecule has 0 aliphatic carbocycles. The molecule has 1 aromatic carbocycles. The molecule has 7 rings (SSSR count). The molecule has 0 spiro atoms. The van der Waals surface area contributed by atoms with Crippen molar-refractivity contribution < 1.29 is 9.47 Å². The van der Waals surface area contributed by atoms with Crippen LogP contribution in [0.1, 0.15) is 0 Å². The van der Waals surface area contributed by atoms with Gasteiger partial charge in [0.15, 0.2) is 28.7 Å². The Labute approximate surface area is 186 Å². The summed E-state index contributed by atoms with van der Waals surface area (Å²) in [5.74, 6) is 2.06. The van der Waals surface area contributed by atoms with Crippen molar-refractivity contribution in [1.82, 2.24) is 35.1 Å². The van der Waals surface area contributed by atoms with Gasteiger partial charge >= 0.3 is 0 Å². The van der Waals surface area contributed by atoms with Gasteiger partial charge < -0.3 is 14.5 Å². The van der Waals surface area contributed by atoms with Crippen LogP contribution in [0.4, 0.5) is 0 Å². The van der Waals surface area contributed by atoms with Gasteiger partial charge in [-0.05, 0) is 48.0 Å². The van der Waals surface area contributed by atoms with Crippen molar-refractivity contribution in [2.75, 3.05) is 6.79 Å². The van der Waals surface area contributed by atoms with E-state index in [1.165, 1.54) is 0 Å². The summed E-state index contributed by atoms with van der Waals surface area (Å²) in [5, 5.41) is 7.54. The Hall–Kier alpha value is -4.79. The number of pyridine rings is 3.